The highest BCUT2D eigenvalue weighted by Gasteiger charge is 2.30. The summed E-state index contributed by atoms with van der Waals surface area (Å²) in [5, 5.41) is 4.29. The molecule has 18 heavy (non-hydrogen) atoms. The SMILES string of the molecule is CC(C)(C)Nc1nc(C2Cc3ccccc32)ns1. The molecule has 0 saturated heterocycles. The van der Waals surface area contributed by atoms with Crippen LogP contribution >= 0.6 is 11.5 Å². The van der Waals surface area contributed by atoms with E-state index in [2.05, 4.69) is 59.7 Å². The minimum Gasteiger partial charge on any atom is -0.356 e. The lowest BCUT2D eigenvalue weighted by atomic mass is 9.77. The van der Waals surface area contributed by atoms with Crippen LogP contribution in [0.4, 0.5) is 5.13 Å². The van der Waals surface area contributed by atoms with Crippen LogP contribution in [0.2, 0.25) is 0 Å². The summed E-state index contributed by atoms with van der Waals surface area (Å²) in [6, 6.07) is 8.55. The summed E-state index contributed by atoms with van der Waals surface area (Å²) in [4.78, 5) is 4.61. The fraction of sp³-hybridized carbons (Fsp3) is 0.429. The number of rotatable bonds is 2. The molecule has 0 bridgehead atoms. The number of hydrogen-bond acceptors (Lipinski definition) is 4. The second-order valence-corrected chi connectivity index (χ2v) is 6.54. The molecule has 1 atom stereocenters. The summed E-state index contributed by atoms with van der Waals surface area (Å²) in [7, 11) is 0. The molecule has 4 heteroatoms. The van der Waals surface area contributed by atoms with Gasteiger partial charge in [-0.1, -0.05) is 24.3 Å². The van der Waals surface area contributed by atoms with Gasteiger partial charge in [-0.15, -0.1) is 0 Å². The average molecular weight is 259 g/mol. The number of hydrogen-bond donors (Lipinski definition) is 1. The molecular formula is C14H17N3S. The first-order chi connectivity index (χ1) is 8.53. The summed E-state index contributed by atoms with van der Waals surface area (Å²) >= 11 is 1.46. The zero-order chi connectivity index (χ0) is 12.8. The Morgan fingerprint density at radius 2 is 2.06 bits per heavy atom. The molecule has 3 rings (SSSR count). The van der Waals surface area contributed by atoms with Crippen molar-refractivity contribution in [3.8, 4) is 0 Å². The Morgan fingerprint density at radius 3 is 2.78 bits per heavy atom. The second kappa shape index (κ2) is 4.05. The van der Waals surface area contributed by atoms with Crippen molar-refractivity contribution in [2.45, 2.75) is 38.6 Å². The fourth-order valence-corrected chi connectivity index (χ4v) is 3.07. The van der Waals surface area contributed by atoms with E-state index in [4.69, 9.17) is 0 Å². The van der Waals surface area contributed by atoms with Crippen LogP contribution in [0.5, 0.6) is 0 Å². The van der Waals surface area contributed by atoms with Gasteiger partial charge in [0, 0.05) is 23.0 Å². The Hall–Kier alpha value is -1.42. The second-order valence-electron chi connectivity index (χ2n) is 5.79. The lowest BCUT2D eigenvalue weighted by molar-refractivity contribution is 0.629. The van der Waals surface area contributed by atoms with Crippen molar-refractivity contribution in [1.29, 1.82) is 0 Å². The van der Waals surface area contributed by atoms with Crippen LogP contribution in [0.25, 0.3) is 0 Å². The first kappa shape index (κ1) is 11.7. The van der Waals surface area contributed by atoms with Gasteiger partial charge >= 0.3 is 0 Å². The highest BCUT2D eigenvalue weighted by molar-refractivity contribution is 7.09. The summed E-state index contributed by atoms with van der Waals surface area (Å²) in [5.41, 5.74) is 2.86. The molecule has 0 amide bonds. The highest BCUT2D eigenvalue weighted by atomic mass is 32.1. The van der Waals surface area contributed by atoms with Crippen molar-refractivity contribution in [3.05, 3.63) is 41.2 Å². The third-order valence-electron chi connectivity index (χ3n) is 3.09. The molecule has 0 spiro atoms. The maximum atomic E-state index is 4.61. The molecule has 1 aliphatic rings. The zero-order valence-electron chi connectivity index (χ0n) is 10.9. The van der Waals surface area contributed by atoms with Crippen molar-refractivity contribution in [2.75, 3.05) is 5.32 Å². The van der Waals surface area contributed by atoms with Crippen LogP contribution in [0.3, 0.4) is 0 Å². The van der Waals surface area contributed by atoms with Gasteiger partial charge in [0.1, 0.15) is 0 Å². The van der Waals surface area contributed by atoms with Crippen LogP contribution in [0.15, 0.2) is 24.3 Å². The quantitative estimate of drug-likeness (QED) is 0.897. The first-order valence-corrected chi connectivity index (χ1v) is 7.00. The van der Waals surface area contributed by atoms with E-state index in [1.54, 1.807) is 0 Å². The highest BCUT2D eigenvalue weighted by Crippen LogP contribution is 2.39. The zero-order valence-corrected chi connectivity index (χ0v) is 11.7. The van der Waals surface area contributed by atoms with E-state index < -0.39 is 0 Å². The third kappa shape index (κ3) is 2.12. The molecular weight excluding hydrogens is 242 g/mol. The minimum atomic E-state index is 0.0360. The van der Waals surface area contributed by atoms with Crippen LogP contribution in [-0.4, -0.2) is 14.9 Å². The summed E-state index contributed by atoms with van der Waals surface area (Å²) in [6.45, 7) is 6.40. The Labute approximate surface area is 111 Å². The van der Waals surface area contributed by atoms with Crippen molar-refractivity contribution < 1.29 is 0 Å². The van der Waals surface area contributed by atoms with Gasteiger partial charge in [-0.05, 0) is 38.3 Å². The van der Waals surface area contributed by atoms with Crippen molar-refractivity contribution >= 4 is 16.7 Å². The van der Waals surface area contributed by atoms with Gasteiger partial charge in [-0.2, -0.15) is 4.37 Å². The van der Waals surface area contributed by atoms with Crippen LogP contribution < -0.4 is 5.32 Å². The van der Waals surface area contributed by atoms with Gasteiger partial charge < -0.3 is 5.32 Å². The van der Waals surface area contributed by atoms with Gasteiger partial charge in [0.05, 0.1) is 0 Å². The Bertz CT molecular complexity index is 568. The molecule has 0 fully saturated rings. The topological polar surface area (TPSA) is 37.8 Å². The van der Waals surface area contributed by atoms with Gasteiger partial charge in [0.2, 0.25) is 5.13 Å². The fourth-order valence-electron chi connectivity index (χ4n) is 2.24. The van der Waals surface area contributed by atoms with E-state index >= 15 is 0 Å². The van der Waals surface area contributed by atoms with Crippen LogP contribution in [0.1, 0.15) is 43.6 Å². The molecule has 0 saturated carbocycles. The van der Waals surface area contributed by atoms with Gasteiger partial charge in [0.25, 0.3) is 0 Å². The number of nitrogens with zero attached hydrogens (tertiary/aromatic N) is 2. The standard InChI is InChI=1S/C14H17N3S/c1-14(2,3)16-13-15-12(17-18-13)11-8-9-6-4-5-7-10(9)11/h4-7,11H,8H2,1-3H3,(H,15,16,17). The number of fused-ring (bicyclic) bond motifs is 1. The number of benzene rings is 1. The molecule has 1 N–H and O–H groups in total. The summed E-state index contributed by atoms with van der Waals surface area (Å²) < 4.78 is 4.49. The van der Waals surface area contributed by atoms with Crippen molar-refractivity contribution in [1.82, 2.24) is 9.36 Å². The van der Waals surface area contributed by atoms with E-state index in [-0.39, 0.29) is 5.54 Å². The van der Waals surface area contributed by atoms with Crippen molar-refractivity contribution in [2.24, 2.45) is 0 Å². The molecule has 0 aliphatic heterocycles. The van der Waals surface area contributed by atoms with E-state index in [1.807, 2.05) is 0 Å². The predicted octanol–water partition coefficient (Wildman–Crippen LogP) is 3.44. The van der Waals surface area contributed by atoms with E-state index in [9.17, 15) is 0 Å². The molecule has 1 heterocycles. The Morgan fingerprint density at radius 1 is 1.28 bits per heavy atom. The van der Waals surface area contributed by atoms with Gasteiger partial charge in [-0.3, -0.25) is 0 Å². The Balaban J connectivity index is 1.80. The molecule has 94 valence electrons. The van der Waals surface area contributed by atoms with E-state index in [1.165, 1.54) is 22.7 Å². The van der Waals surface area contributed by atoms with Crippen molar-refractivity contribution in [3.63, 3.8) is 0 Å². The first-order valence-electron chi connectivity index (χ1n) is 6.22. The number of aromatic nitrogens is 2. The summed E-state index contributed by atoms with van der Waals surface area (Å²) in [6.07, 6.45) is 1.07. The van der Waals surface area contributed by atoms with Gasteiger partial charge in [0.15, 0.2) is 5.82 Å². The van der Waals surface area contributed by atoms with E-state index in [0.717, 1.165) is 17.4 Å². The molecule has 0 radical (unpaired) electrons. The molecule has 1 aliphatic carbocycles. The van der Waals surface area contributed by atoms with Crippen LogP contribution in [0, 0.1) is 0 Å². The lowest BCUT2D eigenvalue weighted by Gasteiger charge is -2.27. The smallest absolute Gasteiger partial charge is 0.202 e. The largest absolute Gasteiger partial charge is 0.356 e. The number of nitrogens with one attached hydrogen (secondary N) is 1. The lowest BCUT2D eigenvalue weighted by Crippen LogP contribution is -2.26. The molecule has 2 aromatic rings. The number of anilines is 1. The molecule has 1 aromatic carbocycles. The monoisotopic (exact) mass is 259 g/mol. The predicted molar refractivity (Wildman–Crippen MR) is 75.3 cm³/mol. The average Bonchev–Trinajstić information content (AvgIpc) is 2.65. The molecule has 1 unspecified atom stereocenters. The minimum absolute atomic E-state index is 0.0360. The normalized spacial score (nSPS) is 18.1. The molecule has 3 nitrogen and oxygen atoms in total. The molecule has 1 aromatic heterocycles. The summed E-state index contributed by atoms with van der Waals surface area (Å²) in [5.74, 6) is 1.36. The third-order valence-corrected chi connectivity index (χ3v) is 3.73. The van der Waals surface area contributed by atoms with E-state index in [0.29, 0.717) is 5.92 Å². The Kier molecular flexibility index (Phi) is 2.63. The maximum absolute atomic E-state index is 4.61. The maximum Gasteiger partial charge on any atom is 0.202 e. The van der Waals surface area contributed by atoms with Gasteiger partial charge in [-0.25, -0.2) is 4.98 Å². The van der Waals surface area contributed by atoms with Crippen LogP contribution in [-0.2, 0) is 6.42 Å².